The van der Waals surface area contributed by atoms with Crippen molar-refractivity contribution in [1.29, 1.82) is 0 Å². The average Bonchev–Trinajstić information content (AvgIpc) is 3.04. The highest BCUT2D eigenvalue weighted by atomic mass is 32.1. The average molecular weight is 290 g/mol. The van der Waals surface area contributed by atoms with E-state index in [1.807, 2.05) is 23.6 Å². The Labute approximate surface area is 120 Å². The van der Waals surface area contributed by atoms with Crippen LogP contribution in [-0.2, 0) is 13.0 Å². The zero-order valence-corrected chi connectivity index (χ0v) is 11.6. The highest BCUT2D eigenvalue weighted by Gasteiger charge is 2.21. The Hall–Kier alpha value is -1.92. The van der Waals surface area contributed by atoms with E-state index < -0.39 is 0 Å². The van der Waals surface area contributed by atoms with Crippen LogP contribution in [-0.4, -0.2) is 17.6 Å². The first-order valence-electron chi connectivity index (χ1n) is 6.39. The summed E-state index contributed by atoms with van der Waals surface area (Å²) in [6.45, 7) is 1.36. The monoisotopic (exact) mass is 290 g/mol. The summed E-state index contributed by atoms with van der Waals surface area (Å²) in [6, 6.07) is 9.67. The van der Waals surface area contributed by atoms with Crippen molar-refractivity contribution in [3.8, 4) is 5.75 Å². The zero-order chi connectivity index (χ0) is 13.9. The van der Waals surface area contributed by atoms with E-state index in [-0.39, 0.29) is 16.0 Å². The molecule has 1 aromatic heterocycles. The number of fused-ring (bicyclic) bond motifs is 1. The van der Waals surface area contributed by atoms with Crippen LogP contribution in [0.3, 0.4) is 0 Å². The van der Waals surface area contributed by atoms with Crippen LogP contribution in [0.1, 0.15) is 11.1 Å². The first-order chi connectivity index (χ1) is 9.72. The molecule has 5 nitrogen and oxygen atoms in total. The second-order valence-electron chi connectivity index (χ2n) is 4.73. The number of nitro groups is 1. The van der Waals surface area contributed by atoms with Gasteiger partial charge < -0.3 is 10.1 Å². The standard InChI is InChI=1S/C14H14N2O3S/c17-16(18)14-5-10(9-20-14)7-15-8-12-6-11-3-1-2-4-13(11)19-12/h1-5,9,12,15H,6-8H2. The third-order valence-corrected chi connectivity index (χ3v) is 4.16. The van der Waals surface area contributed by atoms with E-state index >= 15 is 0 Å². The number of para-hydroxylation sites is 1. The molecule has 0 aliphatic carbocycles. The molecule has 1 aliphatic heterocycles. The maximum atomic E-state index is 10.6. The summed E-state index contributed by atoms with van der Waals surface area (Å²) >= 11 is 1.16. The van der Waals surface area contributed by atoms with E-state index in [0.29, 0.717) is 6.54 Å². The molecule has 1 unspecified atom stereocenters. The quantitative estimate of drug-likeness (QED) is 0.679. The van der Waals surface area contributed by atoms with Gasteiger partial charge in [-0.15, -0.1) is 0 Å². The summed E-state index contributed by atoms with van der Waals surface area (Å²) in [5.41, 5.74) is 2.18. The van der Waals surface area contributed by atoms with E-state index in [1.165, 1.54) is 5.56 Å². The molecule has 6 heteroatoms. The number of benzene rings is 1. The maximum absolute atomic E-state index is 10.6. The Balaban J connectivity index is 1.48. The molecule has 1 aromatic carbocycles. The topological polar surface area (TPSA) is 64.4 Å². The first kappa shape index (κ1) is 13.1. The number of rotatable bonds is 5. The molecule has 0 saturated heterocycles. The fraction of sp³-hybridized carbons (Fsp3) is 0.286. The largest absolute Gasteiger partial charge is 0.488 e. The van der Waals surface area contributed by atoms with Gasteiger partial charge >= 0.3 is 5.00 Å². The minimum Gasteiger partial charge on any atom is -0.488 e. The third kappa shape index (κ3) is 2.81. The number of hydrogen-bond acceptors (Lipinski definition) is 5. The van der Waals surface area contributed by atoms with E-state index in [2.05, 4.69) is 11.4 Å². The van der Waals surface area contributed by atoms with Gasteiger partial charge in [-0.1, -0.05) is 29.5 Å². The molecule has 0 radical (unpaired) electrons. The Kier molecular flexibility index (Phi) is 3.66. The van der Waals surface area contributed by atoms with Crippen molar-refractivity contribution in [1.82, 2.24) is 5.32 Å². The number of ether oxygens (including phenoxy) is 1. The number of hydrogen-bond donors (Lipinski definition) is 1. The molecular formula is C14H14N2O3S. The second-order valence-corrected chi connectivity index (χ2v) is 5.62. The molecule has 2 heterocycles. The first-order valence-corrected chi connectivity index (χ1v) is 7.27. The van der Waals surface area contributed by atoms with Gasteiger partial charge in [-0.2, -0.15) is 0 Å². The summed E-state index contributed by atoms with van der Waals surface area (Å²) in [6.07, 6.45) is 1.05. The lowest BCUT2D eigenvalue weighted by molar-refractivity contribution is -0.380. The summed E-state index contributed by atoms with van der Waals surface area (Å²) in [5, 5.41) is 15.9. The van der Waals surface area contributed by atoms with Crippen molar-refractivity contribution in [2.75, 3.05) is 6.54 Å². The van der Waals surface area contributed by atoms with Gasteiger partial charge in [-0.25, -0.2) is 0 Å². The van der Waals surface area contributed by atoms with Gasteiger partial charge in [0.05, 0.1) is 4.92 Å². The highest BCUT2D eigenvalue weighted by Crippen LogP contribution is 2.28. The van der Waals surface area contributed by atoms with Crippen molar-refractivity contribution in [2.45, 2.75) is 19.1 Å². The lowest BCUT2D eigenvalue weighted by atomic mass is 10.1. The smallest absolute Gasteiger partial charge is 0.324 e. The predicted molar refractivity (Wildman–Crippen MR) is 77.2 cm³/mol. The van der Waals surface area contributed by atoms with Gasteiger partial charge in [0, 0.05) is 31.0 Å². The Bertz CT molecular complexity index is 601. The lowest BCUT2D eigenvalue weighted by Crippen LogP contribution is -2.29. The molecule has 20 heavy (non-hydrogen) atoms. The van der Waals surface area contributed by atoms with Crippen molar-refractivity contribution in [3.05, 3.63) is 57.0 Å². The summed E-state index contributed by atoms with van der Waals surface area (Å²) in [7, 11) is 0. The van der Waals surface area contributed by atoms with Crippen molar-refractivity contribution < 1.29 is 9.66 Å². The number of thiophene rings is 1. The second kappa shape index (κ2) is 5.60. The fourth-order valence-corrected chi connectivity index (χ4v) is 3.03. The van der Waals surface area contributed by atoms with E-state index in [0.717, 1.165) is 35.6 Å². The lowest BCUT2D eigenvalue weighted by Gasteiger charge is -2.11. The minimum atomic E-state index is -0.356. The zero-order valence-electron chi connectivity index (χ0n) is 10.7. The molecule has 0 bridgehead atoms. The number of nitrogens with zero attached hydrogens (tertiary/aromatic N) is 1. The van der Waals surface area contributed by atoms with Crippen LogP contribution in [0.2, 0.25) is 0 Å². The molecular weight excluding hydrogens is 276 g/mol. The molecule has 1 N–H and O–H groups in total. The molecule has 2 aromatic rings. The normalized spacial score (nSPS) is 16.7. The molecule has 0 amide bonds. The molecule has 3 rings (SSSR count). The van der Waals surface area contributed by atoms with Crippen LogP contribution in [0.25, 0.3) is 0 Å². The van der Waals surface area contributed by atoms with Gasteiger partial charge in [0.25, 0.3) is 0 Å². The van der Waals surface area contributed by atoms with Crippen molar-refractivity contribution in [2.24, 2.45) is 0 Å². The van der Waals surface area contributed by atoms with Gasteiger partial charge in [0.15, 0.2) is 0 Å². The third-order valence-electron chi connectivity index (χ3n) is 3.23. The Morgan fingerprint density at radius 3 is 3.05 bits per heavy atom. The van der Waals surface area contributed by atoms with Crippen molar-refractivity contribution >= 4 is 16.3 Å². The molecule has 0 saturated carbocycles. The van der Waals surface area contributed by atoms with Gasteiger partial charge in [0.1, 0.15) is 11.9 Å². The predicted octanol–water partition coefficient (Wildman–Crippen LogP) is 2.75. The van der Waals surface area contributed by atoms with Crippen LogP contribution in [0.15, 0.2) is 35.7 Å². The Morgan fingerprint density at radius 2 is 2.30 bits per heavy atom. The van der Waals surface area contributed by atoms with Crippen LogP contribution in [0.4, 0.5) is 5.00 Å². The molecule has 104 valence electrons. The number of nitrogens with one attached hydrogen (secondary N) is 1. The van der Waals surface area contributed by atoms with Gasteiger partial charge in [0.2, 0.25) is 0 Å². The van der Waals surface area contributed by atoms with E-state index in [9.17, 15) is 10.1 Å². The summed E-state index contributed by atoms with van der Waals surface area (Å²) < 4.78 is 5.82. The fourth-order valence-electron chi connectivity index (χ4n) is 2.30. The van der Waals surface area contributed by atoms with Crippen LogP contribution >= 0.6 is 11.3 Å². The van der Waals surface area contributed by atoms with Crippen LogP contribution in [0.5, 0.6) is 5.75 Å². The highest BCUT2D eigenvalue weighted by molar-refractivity contribution is 7.13. The Morgan fingerprint density at radius 1 is 1.45 bits per heavy atom. The maximum Gasteiger partial charge on any atom is 0.324 e. The molecule has 0 spiro atoms. The molecule has 1 atom stereocenters. The van der Waals surface area contributed by atoms with E-state index in [4.69, 9.17) is 4.74 Å². The van der Waals surface area contributed by atoms with Gasteiger partial charge in [-0.3, -0.25) is 10.1 Å². The minimum absolute atomic E-state index is 0.140. The van der Waals surface area contributed by atoms with Crippen molar-refractivity contribution in [3.63, 3.8) is 0 Å². The SMILES string of the molecule is O=[N+]([O-])c1cc(CNCC2Cc3ccccc3O2)cs1. The van der Waals surface area contributed by atoms with Crippen LogP contribution in [0, 0.1) is 10.1 Å². The van der Waals surface area contributed by atoms with Gasteiger partial charge in [-0.05, 0) is 17.2 Å². The molecule has 1 aliphatic rings. The summed E-state index contributed by atoms with van der Waals surface area (Å²) in [5.74, 6) is 0.963. The molecule has 0 fully saturated rings. The van der Waals surface area contributed by atoms with E-state index in [1.54, 1.807) is 6.07 Å². The summed E-state index contributed by atoms with van der Waals surface area (Å²) in [4.78, 5) is 10.2. The van der Waals surface area contributed by atoms with Crippen LogP contribution < -0.4 is 10.1 Å².